The lowest BCUT2D eigenvalue weighted by Gasteiger charge is -2.08. The molecular formula is C19H20N6O4. The van der Waals surface area contributed by atoms with Gasteiger partial charge in [-0.1, -0.05) is 24.3 Å². The molecule has 3 rings (SSSR count). The summed E-state index contributed by atoms with van der Waals surface area (Å²) in [4.78, 5) is 30.9. The Morgan fingerprint density at radius 1 is 0.897 bits per heavy atom. The Morgan fingerprint density at radius 3 is 2.10 bits per heavy atom. The number of amides is 4. The molecule has 0 fully saturated rings. The van der Waals surface area contributed by atoms with E-state index in [4.69, 9.17) is 21.0 Å². The molecule has 0 saturated heterocycles. The summed E-state index contributed by atoms with van der Waals surface area (Å²) < 4.78 is 6.90. The van der Waals surface area contributed by atoms with Gasteiger partial charge in [0.05, 0.1) is 5.69 Å². The molecule has 0 spiro atoms. The molecule has 0 bridgehead atoms. The number of hydrogen-bond acceptors (Lipinski definition) is 5. The Kier molecular flexibility index (Phi) is 6.91. The molecule has 0 aliphatic rings. The number of rotatable bonds is 6. The largest absolute Gasteiger partial charge is 0.484 e. The van der Waals surface area contributed by atoms with Gasteiger partial charge >= 0.3 is 6.03 Å². The highest BCUT2D eigenvalue weighted by Gasteiger charge is 2.07. The lowest BCUT2D eigenvalue weighted by molar-refractivity contribution is -0.119. The minimum atomic E-state index is -0.833. The first kappa shape index (κ1) is 21.0. The Bertz CT molecular complexity index is 1010. The number of carbonyl (C=O) groups is 3. The van der Waals surface area contributed by atoms with Crippen molar-refractivity contribution in [3.05, 3.63) is 66.5 Å². The number of aromatic nitrogens is 2. The fourth-order valence-electron chi connectivity index (χ4n) is 2.33. The fraction of sp³-hybridized carbons (Fsp3) is 0.0526. The molecule has 2 aromatic carbocycles. The molecule has 0 aliphatic heterocycles. The molecule has 10 heteroatoms. The molecule has 150 valence electrons. The van der Waals surface area contributed by atoms with E-state index < -0.39 is 17.8 Å². The summed E-state index contributed by atoms with van der Waals surface area (Å²) in [5, 5.41) is 4.12. The molecule has 8 N–H and O–H groups in total. The maximum absolute atomic E-state index is 11.1. The van der Waals surface area contributed by atoms with Gasteiger partial charge in [-0.3, -0.25) is 9.59 Å². The second-order valence-electron chi connectivity index (χ2n) is 5.74. The maximum Gasteiger partial charge on any atom is 0.309 e. The third kappa shape index (κ3) is 6.40. The molecule has 0 radical (unpaired) electrons. The molecule has 0 saturated carbocycles. The van der Waals surface area contributed by atoms with E-state index in [0.717, 1.165) is 16.8 Å². The van der Waals surface area contributed by atoms with Crippen LogP contribution in [-0.2, 0) is 4.79 Å². The lowest BCUT2D eigenvalue weighted by atomic mass is 10.1. The molecule has 1 aromatic heterocycles. The van der Waals surface area contributed by atoms with Crippen LogP contribution in [0.25, 0.3) is 16.8 Å². The summed E-state index contributed by atoms with van der Waals surface area (Å²) in [6.45, 7) is -0.163. The molecular weight excluding hydrogens is 376 g/mol. The third-order valence-corrected chi connectivity index (χ3v) is 3.52. The summed E-state index contributed by atoms with van der Waals surface area (Å²) in [6, 6.07) is 15.7. The SMILES string of the molecule is NC(=O)COc1cccc(-c2ccc(-n3ccc(C(N)=O)n3)cc2)c1.NC(N)=O. The van der Waals surface area contributed by atoms with Crippen LogP contribution in [0.2, 0.25) is 0 Å². The van der Waals surface area contributed by atoms with Gasteiger partial charge in [0, 0.05) is 6.20 Å². The molecule has 0 unspecified atom stereocenters. The highest BCUT2D eigenvalue weighted by atomic mass is 16.5. The average Bonchev–Trinajstić information content (AvgIpc) is 3.17. The number of ether oxygens (including phenoxy) is 1. The van der Waals surface area contributed by atoms with E-state index in [1.54, 1.807) is 23.0 Å². The minimum Gasteiger partial charge on any atom is -0.484 e. The standard InChI is InChI=1S/C18H16N4O3.CH4N2O/c19-17(23)11-25-15-3-1-2-13(10-15)12-4-6-14(7-5-12)22-9-8-16(21-22)18(20)24;2-1(3)4/h1-10H,11H2,(H2,19,23)(H2,20,24);(H4,2,3,4). The zero-order valence-corrected chi connectivity index (χ0v) is 15.3. The van der Waals surface area contributed by atoms with Gasteiger partial charge < -0.3 is 27.7 Å². The number of carbonyl (C=O) groups excluding carboxylic acids is 3. The van der Waals surface area contributed by atoms with Crippen molar-refractivity contribution in [1.82, 2.24) is 9.78 Å². The first-order valence-electron chi connectivity index (χ1n) is 8.28. The zero-order chi connectivity index (χ0) is 21.4. The van der Waals surface area contributed by atoms with Crippen LogP contribution in [0.5, 0.6) is 5.75 Å². The number of benzene rings is 2. The van der Waals surface area contributed by atoms with Gasteiger partial charge in [-0.25, -0.2) is 9.48 Å². The van der Waals surface area contributed by atoms with Gasteiger partial charge in [0.1, 0.15) is 11.4 Å². The van der Waals surface area contributed by atoms with Crippen molar-refractivity contribution < 1.29 is 19.1 Å². The highest BCUT2D eigenvalue weighted by Crippen LogP contribution is 2.25. The summed E-state index contributed by atoms with van der Waals surface area (Å²) in [5.41, 5.74) is 21.7. The Balaban J connectivity index is 0.000000687. The van der Waals surface area contributed by atoms with Crippen LogP contribution < -0.4 is 27.7 Å². The predicted octanol–water partition coefficient (Wildman–Crippen LogP) is 0.526. The third-order valence-electron chi connectivity index (χ3n) is 3.52. The van der Waals surface area contributed by atoms with Gasteiger partial charge in [0.15, 0.2) is 6.61 Å². The van der Waals surface area contributed by atoms with E-state index in [1.807, 2.05) is 42.5 Å². The summed E-state index contributed by atoms with van der Waals surface area (Å²) in [7, 11) is 0. The van der Waals surface area contributed by atoms with E-state index in [0.29, 0.717) is 5.75 Å². The second-order valence-corrected chi connectivity index (χ2v) is 5.74. The van der Waals surface area contributed by atoms with Crippen molar-refractivity contribution in [2.24, 2.45) is 22.9 Å². The quantitative estimate of drug-likeness (QED) is 0.473. The topological polar surface area (TPSA) is 182 Å². The second kappa shape index (κ2) is 9.55. The number of hydrogen-bond donors (Lipinski definition) is 4. The van der Waals surface area contributed by atoms with Crippen molar-refractivity contribution >= 4 is 17.8 Å². The van der Waals surface area contributed by atoms with E-state index in [9.17, 15) is 9.59 Å². The van der Waals surface area contributed by atoms with E-state index in [2.05, 4.69) is 16.6 Å². The van der Waals surface area contributed by atoms with Crippen molar-refractivity contribution in [2.45, 2.75) is 0 Å². The monoisotopic (exact) mass is 396 g/mol. The summed E-state index contributed by atoms with van der Waals surface area (Å²) in [6.07, 6.45) is 1.67. The Labute approximate surface area is 166 Å². The summed E-state index contributed by atoms with van der Waals surface area (Å²) in [5.74, 6) is -0.522. The van der Waals surface area contributed by atoms with E-state index in [1.165, 1.54) is 0 Å². The van der Waals surface area contributed by atoms with Crippen molar-refractivity contribution in [1.29, 1.82) is 0 Å². The van der Waals surface area contributed by atoms with Crippen LogP contribution in [0.4, 0.5) is 4.79 Å². The Morgan fingerprint density at radius 2 is 1.55 bits per heavy atom. The first-order valence-corrected chi connectivity index (χ1v) is 8.28. The van der Waals surface area contributed by atoms with Crippen LogP contribution in [0.3, 0.4) is 0 Å². The van der Waals surface area contributed by atoms with Crippen molar-refractivity contribution in [3.63, 3.8) is 0 Å². The van der Waals surface area contributed by atoms with Crippen molar-refractivity contribution in [3.8, 4) is 22.6 Å². The van der Waals surface area contributed by atoms with Gasteiger partial charge in [-0.15, -0.1) is 0 Å². The van der Waals surface area contributed by atoms with Crippen LogP contribution in [0.15, 0.2) is 60.8 Å². The molecule has 0 atom stereocenters. The summed E-state index contributed by atoms with van der Waals surface area (Å²) >= 11 is 0. The maximum atomic E-state index is 11.1. The zero-order valence-electron chi connectivity index (χ0n) is 15.3. The number of nitrogens with two attached hydrogens (primary N) is 4. The van der Waals surface area contributed by atoms with E-state index >= 15 is 0 Å². The van der Waals surface area contributed by atoms with Crippen LogP contribution >= 0.6 is 0 Å². The normalized spacial score (nSPS) is 9.79. The van der Waals surface area contributed by atoms with Crippen LogP contribution in [0.1, 0.15) is 10.5 Å². The first-order chi connectivity index (χ1) is 13.8. The smallest absolute Gasteiger partial charge is 0.309 e. The molecule has 10 nitrogen and oxygen atoms in total. The lowest BCUT2D eigenvalue weighted by Crippen LogP contribution is -2.19. The predicted molar refractivity (Wildman–Crippen MR) is 106 cm³/mol. The minimum absolute atomic E-state index is 0.163. The highest BCUT2D eigenvalue weighted by molar-refractivity contribution is 5.90. The molecule has 29 heavy (non-hydrogen) atoms. The van der Waals surface area contributed by atoms with Crippen LogP contribution in [0, 0.1) is 0 Å². The average molecular weight is 396 g/mol. The van der Waals surface area contributed by atoms with Crippen molar-refractivity contribution in [2.75, 3.05) is 6.61 Å². The van der Waals surface area contributed by atoms with Gasteiger partial charge in [-0.2, -0.15) is 5.10 Å². The van der Waals surface area contributed by atoms with Gasteiger partial charge in [0.25, 0.3) is 11.8 Å². The molecule has 1 heterocycles. The molecule has 0 aliphatic carbocycles. The van der Waals surface area contributed by atoms with E-state index in [-0.39, 0.29) is 12.3 Å². The molecule has 3 aromatic rings. The van der Waals surface area contributed by atoms with Crippen LogP contribution in [-0.4, -0.2) is 34.2 Å². The fourth-order valence-corrected chi connectivity index (χ4v) is 2.33. The van der Waals surface area contributed by atoms with Gasteiger partial charge in [-0.05, 0) is 41.5 Å². The number of nitrogens with zero attached hydrogens (tertiary/aromatic N) is 2. The molecule has 4 amide bonds. The Hall–Kier alpha value is -4.34. The number of urea groups is 1. The van der Waals surface area contributed by atoms with Gasteiger partial charge in [0.2, 0.25) is 0 Å². The number of primary amides is 4.